The van der Waals surface area contributed by atoms with Gasteiger partial charge < -0.3 is 16.2 Å². The number of imidazole rings is 1. The predicted octanol–water partition coefficient (Wildman–Crippen LogP) is 2.56. The number of alkyl halides is 2. The average molecular weight is 540 g/mol. The summed E-state index contributed by atoms with van der Waals surface area (Å²) in [6, 6.07) is -0.306. The second-order valence-corrected chi connectivity index (χ2v) is 10.1. The molecule has 1 aliphatic carbocycles. The number of nitrogens with one attached hydrogen (secondary N) is 1. The number of primary amides is 1. The van der Waals surface area contributed by atoms with Crippen molar-refractivity contribution in [3.05, 3.63) is 35.4 Å². The standard InChI is InChI=1S/C23H31F2N9O2.ClH/c1-12(2)34-21(19(26)36)31-20(32-34)18(13-3-6-23(24,25)7-4-13)17-11-33-22(30-17)29-16(10-28-33)15-9-14(35)5-8-27-15;/h10-15,18,27,35H,3-9H2,1-2H3,(H2,26,36);1H/t14-,15-,18-;/m0./s1. The van der Waals surface area contributed by atoms with Crippen molar-refractivity contribution >= 4 is 24.1 Å². The van der Waals surface area contributed by atoms with E-state index in [2.05, 4.69) is 25.5 Å². The van der Waals surface area contributed by atoms with Gasteiger partial charge in [-0.3, -0.25) is 4.79 Å². The van der Waals surface area contributed by atoms with E-state index in [0.717, 1.165) is 0 Å². The molecule has 0 spiro atoms. The average Bonchev–Trinajstić information content (AvgIpc) is 3.45. The van der Waals surface area contributed by atoms with Crippen LogP contribution in [0.1, 0.15) is 98.2 Å². The summed E-state index contributed by atoms with van der Waals surface area (Å²) < 4.78 is 31.0. The van der Waals surface area contributed by atoms with Gasteiger partial charge in [0.1, 0.15) is 0 Å². The van der Waals surface area contributed by atoms with E-state index >= 15 is 0 Å². The van der Waals surface area contributed by atoms with Crippen molar-refractivity contribution in [1.82, 2.24) is 39.7 Å². The number of hydrogen-bond donors (Lipinski definition) is 3. The molecule has 1 saturated carbocycles. The van der Waals surface area contributed by atoms with E-state index in [9.17, 15) is 18.7 Å². The summed E-state index contributed by atoms with van der Waals surface area (Å²) >= 11 is 0. The number of aliphatic hydroxyl groups excluding tert-OH is 1. The lowest BCUT2D eigenvalue weighted by Gasteiger charge is -2.31. The minimum Gasteiger partial charge on any atom is -0.393 e. The van der Waals surface area contributed by atoms with E-state index in [1.165, 1.54) is 9.20 Å². The van der Waals surface area contributed by atoms with Crippen LogP contribution >= 0.6 is 12.4 Å². The van der Waals surface area contributed by atoms with Gasteiger partial charge in [0, 0.05) is 18.9 Å². The first-order chi connectivity index (χ1) is 17.1. The van der Waals surface area contributed by atoms with Crippen molar-refractivity contribution in [2.24, 2.45) is 11.7 Å². The summed E-state index contributed by atoms with van der Waals surface area (Å²) in [6.07, 6.45) is 4.24. The quantitative estimate of drug-likeness (QED) is 0.432. The minimum absolute atomic E-state index is 0. The van der Waals surface area contributed by atoms with Crippen molar-refractivity contribution in [3.63, 3.8) is 0 Å². The number of amides is 1. The maximum absolute atomic E-state index is 14.0. The topological polar surface area (TPSA) is 149 Å². The van der Waals surface area contributed by atoms with Crippen molar-refractivity contribution in [1.29, 1.82) is 0 Å². The molecule has 5 rings (SSSR count). The highest BCUT2D eigenvalue weighted by Gasteiger charge is 2.41. The van der Waals surface area contributed by atoms with Gasteiger partial charge in [-0.15, -0.1) is 12.4 Å². The molecule has 4 N–H and O–H groups in total. The lowest BCUT2D eigenvalue weighted by Crippen LogP contribution is -2.34. The summed E-state index contributed by atoms with van der Waals surface area (Å²) in [7, 11) is 0. The molecule has 0 radical (unpaired) electrons. The molecule has 11 nitrogen and oxygen atoms in total. The van der Waals surface area contributed by atoms with Crippen molar-refractivity contribution < 1.29 is 18.7 Å². The fourth-order valence-electron chi connectivity index (χ4n) is 5.23. The number of piperidine rings is 1. The largest absolute Gasteiger partial charge is 0.393 e. The number of carbonyl (C=O) groups is 1. The molecule has 0 unspecified atom stereocenters. The van der Waals surface area contributed by atoms with E-state index in [0.29, 0.717) is 42.4 Å². The lowest BCUT2D eigenvalue weighted by molar-refractivity contribution is -0.0476. The van der Waals surface area contributed by atoms with Crippen LogP contribution in [0.15, 0.2) is 12.4 Å². The summed E-state index contributed by atoms with van der Waals surface area (Å²) in [5.41, 5.74) is 6.78. The van der Waals surface area contributed by atoms with E-state index in [-0.39, 0.29) is 61.9 Å². The van der Waals surface area contributed by atoms with Gasteiger partial charge in [0.25, 0.3) is 11.7 Å². The Kier molecular flexibility index (Phi) is 7.77. The van der Waals surface area contributed by atoms with Crippen LogP contribution < -0.4 is 11.1 Å². The second-order valence-electron chi connectivity index (χ2n) is 10.1. The maximum Gasteiger partial charge on any atom is 0.286 e. The molecule has 0 bridgehead atoms. The highest BCUT2D eigenvalue weighted by atomic mass is 35.5. The van der Waals surface area contributed by atoms with Crippen molar-refractivity contribution in [3.8, 4) is 0 Å². The lowest BCUT2D eigenvalue weighted by atomic mass is 9.77. The molecule has 2 aliphatic rings. The van der Waals surface area contributed by atoms with Crippen LogP contribution in [-0.4, -0.2) is 63.9 Å². The van der Waals surface area contributed by atoms with E-state index in [1.807, 2.05) is 13.8 Å². The van der Waals surface area contributed by atoms with Gasteiger partial charge in [-0.1, -0.05) is 0 Å². The zero-order chi connectivity index (χ0) is 25.6. The first-order valence-electron chi connectivity index (χ1n) is 12.4. The Hall–Kier alpha value is -2.77. The van der Waals surface area contributed by atoms with Gasteiger partial charge in [-0.25, -0.2) is 32.9 Å². The summed E-state index contributed by atoms with van der Waals surface area (Å²) in [4.78, 5) is 25.9. The Bertz CT molecular complexity index is 1250. The molecule has 4 heterocycles. The third kappa shape index (κ3) is 5.58. The number of halogens is 3. The molecule has 0 aromatic carbocycles. The van der Waals surface area contributed by atoms with Gasteiger partial charge >= 0.3 is 0 Å². The molecule has 3 aromatic rings. The Morgan fingerprint density at radius 1 is 1.22 bits per heavy atom. The number of fused-ring (bicyclic) bond motifs is 1. The molecule has 14 heteroatoms. The van der Waals surface area contributed by atoms with Crippen LogP contribution in [0.4, 0.5) is 8.78 Å². The van der Waals surface area contributed by atoms with E-state index in [1.54, 1.807) is 12.4 Å². The molecule has 2 fully saturated rings. The Morgan fingerprint density at radius 2 is 1.95 bits per heavy atom. The first kappa shape index (κ1) is 27.3. The van der Waals surface area contributed by atoms with E-state index < -0.39 is 23.9 Å². The van der Waals surface area contributed by atoms with Crippen LogP contribution in [-0.2, 0) is 0 Å². The Balaban J connectivity index is 0.00000320. The number of aromatic nitrogens is 7. The monoisotopic (exact) mass is 539 g/mol. The highest BCUT2D eigenvalue weighted by molar-refractivity contribution is 5.89. The zero-order valence-electron chi connectivity index (χ0n) is 20.7. The first-order valence-corrected chi connectivity index (χ1v) is 12.4. The van der Waals surface area contributed by atoms with Crippen LogP contribution in [0.3, 0.4) is 0 Å². The fraction of sp³-hybridized carbons (Fsp3) is 0.652. The molecule has 37 heavy (non-hydrogen) atoms. The summed E-state index contributed by atoms with van der Waals surface area (Å²) in [6.45, 7) is 4.40. The zero-order valence-corrected chi connectivity index (χ0v) is 21.5. The normalized spacial score (nSPS) is 23.2. The summed E-state index contributed by atoms with van der Waals surface area (Å²) in [5, 5.41) is 22.4. The molecule has 1 amide bonds. The smallest absolute Gasteiger partial charge is 0.286 e. The number of nitrogens with zero attached hydrogens (tertiary/aromatic N) is 7. The van der Waals surface area contributed by atoms with Gasteiger partial charge in [-0.05, 0) is 52.0 Å². The minimum atomic E-state index is -2.70. The second kappa shape index (κ2) is 10.5. The van der Waals surface area contributed by atoms with Crippen molar-refractivity contribution in [2.75, 3.05) is 6.54 Å². The van der Waals surface area contributed by atoms with Crippen LogP contribution in [0.5, 0.6) is 0 Å². The molecule has 202 valence electrons. The molecule has 1 saturated heterocycles. The van der Waals surface area contributed by atoms with Crippen LogP contribution in [0, 0.1) is 5.92 Å². The van der Waals surface area contributed by atoms with E-state index in [4.69, 9.17) is 10.7 Å². The molecular weight excluding hydrogens is 508 g/mol. The maximum atomic E-state index is 14.0. The summed E-state index contributed by atoms with van der Waals surface area (Å²) in [5.74, 6) is -3.42. The van der Waals surface area contributed by atoms with Crippen LogP contribution in [0.2, 0.25) is 0 Å². The van der Waals surface area contributed by atoms with Gasteiger partial charge in [0.2, 0.25) is 11.7 Å². The van der Waals surface area contributed by atoms with Crippen LogP contribution in [0.25, 0.3) is 5.78 Å². The van der Waals surface area contributed by atoms with Gasteiger partial charge in [-0.2, -0.15) is 10.2 Å². The molecular formula is C23H32ClF2N9O2. The van der Waals surface area contributed by atoms with Gasteiger partial charge in [0.15, 0.2) is 5.82 Å². The SMILES string of the molecule is CC(C)n1nc([C@H](c2cn3ncc([C@@H]4C[C@@H](O)CCN4)nc3n2)C2CCC(F)(F)CC2)nc1C(N)=O.Cl. The Morgan fingerprint density at radius 3 is 2.57 bits per heavy atom. The number of rotatable bonds is 6. The number of carbonyl (C=O) groups excluding carboxylic acids is 1. The molecule has 1 aliphatic heterocycles. The third-order valence-corrected chi connectivity index (χ3v) is 7.15. The fourth-order valence-corrected chi connectivity index (χ4v) is 5.23. The number of aliphatic hydroxyl groups is 1. The Labute approximate surface area is 218 Å². The molecule has 3 aromatic heterocycles. The number of nitrogens with two attached hydrogens (primary N) is 1. The molecule has 3 atom stereocenters. The predicted molar refractivity (Wildman–Crippen MR) is 132 cm³/mol. The number of hydrogen-bond acceptors (Lipinski definition) is 8. The van der Waals surface area contributed by atoms with Gasteiger partial charge in [0.05, 0.1) is 41.8 Å². The van der Waals surface area contributed by atoms with Crippen molar-refractivity contribution in [2.45, 2.75) is 82.4 Å². The highest BCUT2D eigenvalue weighted by Crippen LogP contribution is 2.44. The third-order valence-electron chi connectivity index (χ3n) is 7.15.